The molecule has 0 radical (unpaired) electrons. The van der Waals surface area contributed by atoms with E-state index in [2.05, 4.69) is 13.8 Å². The molecule has 6 aliphatic rings. The molecule has 0 bridgehead atoms. The molecule has 2 N–H and O–H groups in total. The van der Waals surface area contributed by atoms with Gasteiger partial charge < -0.3 is 19.7 Å². The summed E-state index contributed by atoms with van der Waals surface area (Å²) in [6, 6.07) is 0. The number of aliphatic hydroxyl groups is 2. The molecule has 6 rings (SSSR count). The summed E-state index contributed by atoms with van der Waals surface area (Å²) in [5.41, 5.74) is 0.584. The van der Waals surface area contributed by atoms with Crippen molar-refractivity contribution in [2.24, 2.45) is 40.4 Å². The van der Waals surface area contributed by atoms with Crippen LogP contribution in [0.5, 0.6) is 0 Å². The Bertz CT molecular complexity index is 983. The molecular weight excluding hydrogens is 432 g/mol. The summed E-state index contributed by atoms with van der Waals surface area (Å²) in [4.78, 5) is 25.8. The predicted molar refractivity (Wildman–Crippen MR) is 124 cm³/mol. The van der Waals surface area contributed by atoms with Gasteiger partial charge >= 0.3 is 5.97 Å². The van der Waals surface area contributed by atoms with Gasteiger partial charge in [0, 0.05) is 18.9 Å². The monoisotopic (exact) mass is 470 g/mol. The number of epoxide rings is 1. The molecule has 2 heterocycles. The lowest BCUT2D eigenvalue weighted by atomic mass is 9.44. The first-order valence-electron chi connectivity index (χ1n) is 13.2. The summed E-state index contributed by atoms with van der Waals surface area (Å²) in [5, 5.41) is 20.1. The molecule has 186 valence electrons. The summed E-state index contributed by atoms with van der Waals surface area (Å²) in [7, 11) is 0. The predicted octanol–water partition coefficient (Wildman–Crippen LogP) is 3.35. The minimum Gasteiger partial charge on any atom is -0.458 e. The van der Waals surface area contributed by atoms with Gasteiger partial charge in [0.25, 0.3) is 0 Å². The van der Waals surface area contributed by atoms with Crippen molar-refractivity contribution in [3.05, 3.63) is 23.3 Å². The van der Waals surface area contributed by atoms with Crippen LogP contribution in [0.3, 0.4) is 0 Å². The Kier molecular flexibility index (Phi) is 5.06. The van der Waals surface area contributed by atoms with Gasteiger partial charge in [0.05, 0.1) is 23.7 Å². The number of carbonyl (C=O) groups is 2. The summed E-state index contributed by atoms with van der Waals surface area (Å²) in [6.07, 6.45) is 10.3. The molecule has 1 saturated heterocycles. The number of ketones is 1. The van der Waals surface area contributed by atoms with Gasteiger partial charge in [0.15, 0.2) is 5.78 Å². The number of cyclic esters (lactones) is 1. The SMILES string of the molecule is CC1=C(CO)C(=O)O[C@@H]([C@@H](CO)[C@H]2CC[C@H]3[C@@H]4C[C@H]5O[C@]56CC=CC(=O)[C@]6(C)[C@H]4CC[C@]23C)C1. The average Bonchev–Trinajstić information content (AvgIpc) is 3.40. The van der Waals surface area contributed by atoms with Crippen molar-refractivity contribution in [2.45, 2.75) is 83.5 Å². The third kappa shape index (κ3) is 2.74. The number of allylic oxidation sites excluding steroid dienone is 1. The first kappa shape index (κ1) is 22.9. The first-order chi connectivity index (χ1) is 16.2. The van der Waals surface area contributed by atoms with Gasteiger partial charge in [-0.05, 0) is 87.5 Å². The van der Waals surface area contributed by atoms with E-state index in [-0.39, 0.29) is 54.1 Å². The molecule has 2 aliphatic heterocycles. The highest BCUT2D eigenvalue weighted by molar-refractivity contribution is 5.97. The fraction of sp³-hybridized carbons (Fsp3) is 0.786. The Morgan fingerprint density at radius 1 is 1.15 bits per heavy atom. The summed E-state index contributed by atoms with van der Waals surface area (Å²) in [5.74, 6) is 1.26. The first-order valence-corrected chi connectivity index (χ1v) is 13.2. The van der Waals surface area contributed by atoms with E-state index in [1.54, 1.807) is 6.08 Å². The van der Waals surface area contributed by atoms with Crippen LogP contribution in [-0.2, 0) is 19.1 Å². The molecule has 4 aliphatic carbocycles. The van der Waals surface area contributed by atoms with E-state index in [9.17, 15) is 19.8 Å². The van der Waals surface area contributed by atoms with Gasteiger partial charge in [-0.15, -0.1) is 0 Å². The fourth-order valence-electron chi connectivity index (χ4n) is 9.64. The second kappa shape index (κ2) is 7.50. The molecule has 3 saturated carbocycles. The second-order valence-corrected chi connectivity index (χ2v) is 12.4. The van der Waals surface area contributed by atoms with Crippen LogP contribution in [0.25, 0.3) is 0 Å². The van der Waals surface area contributed by atoms with Gasteiger partial charge in [-0.1, -0.05) is 18.6 Å². The Balaban J connectivity index is 1.28. The Labute approximate surface area is 201 Å². The van der Waals surface area contributed by atoms with E-state index in [4.69, 9.17) is 9.47 Å². The Hall–Kier alpha value is -1.50. The molecule has 0 unspecified atom stereocenters. The molecule has 6 heteroatoms. The highest BCUT2D eigenvalue weighted by atomic mass is 16.6. The third-order valence-corrected chi connectivity index (χ3v) is 11.5. The van der Waals surface area contributed by atoms with Gasteiger partial charge in [-0.2, -0.15) is 0 Å². The van der Waals surface area contributed by atoms with E-state index in [1.807, 2.05) is 13.0 Å². The van der Waals surface area contributed by atoms with Crippen molar-refractivity contribution < 1.29 is 29.3 Å². The van der Waals surface area contributed by atoms with Crippen LogP contribution < -0.4 is 0 Å². The zero-order chi connectivity index (χ0) is 24.0. The quantitative estimate of drug-likeness (QED) is 0.483. The zero-order valence-corrected chi connectivity index (χ0v) is 20.6. The minimum atomic E-state index is -0.440. The maximum Gasteiger partial charge on any atom is 0.336 e. The molecule has 0 aromatic rings. The Morgan fingerprint density at radius 3 is 2.65 bits per heavy atom. The van der Waals surface area contributed by atoms with E-state index in [0.29, 0.717) is 29.7 Å². The largest absolute Gasteiger partial charge is 0.458 e. The van der Waals surface area contributed by atoms with Crippen LogP contribution in [0, 0.1) is 40.4 Å². The van der Waals surface area contributed by atoms with Crippen LogP contribution in [0.2, 0.25) is 0 Å². The molecule has 10 atom stereocenters. The normalized spacial score (nSPS) is 50.1. The fourth-order valence-corrected chi connectivity index (χ4v) is 9.64. The minimum absolute atomic E-state index is 0.00337. The summed E-state index contributed by atoms with van der Waals surface area (Å²) >= 11 is 0. The standard InChI is InChI=1S/C28H38O6/c1-15-11-22(33-25(32)17(15)13-29)18(14-30)20-7-6-19-16-12-24-28(34-24)9-4-5-23(31)27(28,3)21(16)8-10-26(19,20)2/h4-5,16,18-22,24,29-30H,6-14H2,1-3H3/t16-,18-,19-,20+,21-,22+,24+,26-,27-,28+/m0/s1. The molecule has 0 aromatic carbocycles. The summed E-state index contributed by atoms with van der Waals surface area (Å²) in [6.45, 7) is 6.15. The van der Waals surface area contributed by atoms with E-state index in [0.717, 1.165) is 44.1 Å². The van der Waals surface area contributed by atoms with Gasteiger partial charge in [0.1, 0.15) is 11.7 Å². The van der Waals surface area contributed by atoms with Crippen molar-refractivity contribution in [3.8, 4) is 0 Å². The highest BCUT2D eigenvalue weighted by Gasteiger charge is 2.77. The van der Waals surface area contributed by atoms with Crippen LogP contribution >= 0.6 is 0 Å². The molecular formula is C28H38O6. The molecule has 1 spiro atoms. The van der Waals surface area contributed by atoms with Crippen LogP contribution in [0.1, 0.15) is 65.7 Å². The number of hydrogen-bond donors (Lipinski definition) is 2. The molecule has 0 aromatic heterocycles. The van der Waals surface area contributed by atoms with Crippen molar-refractivity contribution in [1.82, 2.24) is 0 Å². The maximum absolute atomic E-state index is 13.3. The van der Waals surface area contributed by atoms with Crippen molar-refractivity contribution >= 4 is 11.8 Å². The highest BCUT2D eigenvalue weighted by Crippen LogP contribution is 2.73. The van der Waals surface area contributed by atoms with E-state index < -0.39 is 11.4 Å². The number of ether oxygens (including phenoxy) is 2. The average molecular weight is 471 g/mol. The molecule has 4 fully saturated rings. The lowest BCUT2D eigenvalue weighted by Gasteiger charge is -2.57. The van der Waals surface area contributed by atoms with Crippen LogP contribution in [0.15, 0.2) is 23.3 Å². The molecule has 6 nitrogen and oxygen atoms in total. The van der Waals surface area contributed by atoms with Crippen molar-refractivity contribution in [3.63, 3.8) is 0 Å². The van der Waals surface area contributed by atoms with Crippen LogP contribution in [-0.4, -0.2) is 53.0 Å². The second-order valence-electron chi connectivity index (χ2n) is 12.4. The lowest BCUT2D eigenvalue weighted by molar-refractivity contribution is -0.156. The number of carbonyl (C=O) groups excluding carboxylic acids is 2. The number of fused-ring (bicyclic) bond motifs is 4. The smallest absolute Gasteiger partial charge is 0.336 e. The number of esters is 1. The number of hydrogen-bond acceptors (Lipinski definition) is 6. The number of aliphatic hydroxyl groups excluding tert-OH is 2. The van der Waals surface area contributed by atoms with Crippen molar-refractivity contribution in [1.29, 1.82) is 0 Å². The summed E-state index contributed by atoms with van der Waals surface area (Å²) < 4.78 is 12.1. The van der Waals surface area contributed by atoms with Gasteiger partial charge in [-0.25, -0.2) is 4.79 Å². The van der Waals surface area contributed by atoms with E-state index in [1.165, 1.54) is 0 Å². The van der Waals surface area contributed by atoms with E-state index >= 15 is 0 Å². The van der Waals surface area contributed by atoms with Crippen LogP contribution in [0.4, 0.5) is 0 Å². The third-order valence-electron chi connectivity index (χ3n) is 11.5. The molecule has 34 heavy (non-hydrogen) atoms. The lowest BCUT2D eigenvalue weighted by Crippen LogP contribution is -2.60. The van der Waals surface area contributed by atoms with Gasteiger partial charge in [0.2, 0.25) is 0 Å². The zero-order valence-electron chi connectivity index (χ0n) is 20.6. The molecule has 0 amide bonds. The van der Waals surface area contributed by atoms with Gasteiger partial charge in [-0.3, -0.25) is 4.79 Å². The topological polar surface area (TPSA) is 96.4 Å². The number of rotatable bonds is 4. The maximum atomic E-state index is 13.3. The Morgan fingerprint density at radius 2 is 1.94 bits per heavy atom. The van der Waals surface area contributed by atoms with Crippen molar-refractivity contribution in [2.75, 3.05) is 13.2 Å².